The van der Waals surface area contributed by atoms with E-state index in [4.69, 9.17) is 4.74 Å². The number of carbonyl (C=O) groups is 2. The molecule has 220 valence electrons. The molecule has 0 bridgehead atoms. The summed E-state index contributed by atoms with van der Waals surface area (Å²) in [4.78, 5) is 36.3. The number of hydrogen-bond acceptors (Lipinski definition) is 5. The molecule has 0 spiro atoms. The van der Waals surface area contributed by atoms with Crippen LogP contribution in [0.2, 0.25) is 0 Å². The van der Waals surface area contributed by atoms with Crippen molar-refractivity contribution in [1.82, 2.24) is 14.5 Å². The van der Waals surface area contributed by atoms with Crippen LogP contribution in [0, 0.1) is 0 Å². The third kappa shape index (κ3) is 5.09. The Morgan fingerprint density at radius 2 is 1.30 bits per heavy atom. The lowest BCUT2D eigenvalue weighted by Crippen LogP contribution is -2.32. The van der Waals surface area contributed by atoms with Crippen molar-refractivity contribution in [3.8, 4) is 16.9 Å². The molecule has 0 fully saturated rings. The summed E-state index contributed by atoms with van der Waals surface area (Å²) in [6.07, 6.45) is 14.3. The third-order valence-electron chi connectivity index (χ3n) is 9.00. The average Bonchev–Trinajstić information content (AvgIpc) is 3.78. The third-order valence-corrected chi connectivity index (χ3v) is 9.00. The Morgan fingerprint density at radius 3 is 1.91 bits per heavy atom. The van der Waals surface area contributed by atoms with Gasteiger partial charge in [-0.3, -0.25) is 14.6 Å². The van der Waals surface area contributed by atoms with Crippen molar-refractivity contribution in [2.75, 3.05) is 22.9 Å². The number of pyridine rings is 1. The van der Waals surface area contributed by atoms with Gasteiger partial charge in [-0.15, -0.1) is 0 Å². The summed E-state index contributed by atoms with van der Waals surface area (Å²) in [6, 6.07) is 11.3. The monoisotopic (exact) mass is 575 g/mol. The second-order valence-corrected chi connectivity index (χ2v) is 12.2. The standard InChI is InChI=1S/C19H20N2O2.C16H17N3O/c1-12(2)23-17-9-16(10-20-11-17)15-7-13-3-4-18(22)21-6-5-14(8-15)19(13)21;1-11(18-7-5-17-10-18)14-8-12-2-3-15(20)19-6-4-13(9-14)16(12)19/h7-12H,3-6H2,1-2H3;5,7-11H,2-4,6H2,1H3. The molecule has 43 heavy (non-hydrogen) atoms. The molecule has 8 rings (SSSR count). The molecule has 0 N–H and O–H groups in total. The van der Waals surface area contributed by atoms with Gasteiger partial charge in [-0.05, 0) is 98.0 Å². The van der Waals surface area contributed by atoms with Crippen molar-refractivity contribution < 1.29 is 14.3 Å². The molecule has 0 saturated carbocycles. The summed E-state index contributed by atoms with van der Waals surface area (Å²) in [5.41, 5.74) is 11.1. The van der Waals surface area contributed by atoms with E-state index in [1.165, 1.54) is 33.5 Å². The molecular weight excluding hydrogens is 538 g/mol. The number of imidazole rings is 1. The van der Waals surface area contributed by atoms with Crippen LogP contribution in [-0.2, 0) is 35.3 Å². The molecule has 0 radical (unpaired) electrons. The maximum Gasteiger partial charge on any atom is 0.227 e. The zero-order valence-electron chi connectivity index (χ0n) is 25.0. The first-order valence-electron chi connectivity index (χ1n) is 15.4. The number of ether oxygens (including phenoxy) is 1. The zero-order chi connectivity index (χ0) is 29.7. The van der Waals surface area contributed by atoms with Crippen LogP contribution in [0.15, 0.2) is 61.4 Å². The lowest BCUT2D eigenvalue weighted by molar-refractivity contribution is -0.119. The van der Waals surface area contributed by atoms with Crippen LogP contribution in [0.25, 0.3) is 11.1 Å². The van der Waals surface area contributed by atoms with Gasteiger partial charge in [0.05, 0.1) is 36.0 Å². The Balaban J connectivity index is 0.000000141. The molecule has 8 nitrogen and oxygen atoms in total. The first-order chi connectivity index (χ1) is 20.9. The van der Waals surface area contributed by atoms with Gasteiger partial charge in [0, 0.05) is 50.1 Å². The van der Waals surface area contributed by atoms with E-state index in [1.54, 1.807) is 6.20 Å². The van der Waals surface area contributed by atoms with E-state index in [0.29, 0.717) is 12.8 Å². The molecule has 0 saturated heterocycles. The Kier molecular flexibility index (Phi) is 7.00. The van der Waals surface area contributed by atoms with E-state index >= 15 is 0 Å². The highest BCUT2D eigenvalue weighted by Crippen LogP contribution is 2.41. The number of aryl methyl sites for hydroxylation is 2. The Bertz CT molecular complexity index is 1710. The van der Waals surface area contributed by atoms with E-state index in [1.807, 2.05) is 54.6 Å². The molecule has 8 heteroatoms. The van der Waals surface area contributed by atoms with Crippen molar-refractivity contribution in [2.45, 2.75) is 71.4 Å². The fourth-order valence-corrected chi connectivity index (χ4v) is 6.93. The molecule has 2 aromatic carbocycles. The summed E-state index contributed by atoms with van der Waals surface area (Å²) in [5, 5.41) is 0. The van der Waals surface area contributed by atoms with Crippen molar-refractivity contribution in [1.29, 1.82) is 0 Å². The highest BCUT2D eigenvalue weighted by molar-refractivity contribution is 6.00. The summed E-state index contributed by atoms with van der Waals surface area (Å²) < 4.78 is 7.87. The largest absolute Gasteiger partial charge is 0.489 e. The number of anilines is 2. The highest BCUT2D eigenvalue weighted by Gasteiger charge is 2.33. The van der Waals surface area contributed by atoms with Crippen LogP contribution in [0.5, 0.6) is 5.75 Å². The van der Waals surface area contributed by atoms with Gasteiger partial charge in [-0.1, -0.05) is 12.1 Å². The summed E-state index contributed by atoms with van der Waals surface area (Å²) in [7, 11) is 0. The van der Waals surface area contributed by atoms with E-state index in [0.717, 1.165) is 61.3 Å². The maximum absolute atomic E-state index is 12.0. The number of benzene rings is 2. The van der Waals surface area contributed by atoms with Crippen LogP contribution in [-0.4, -0.2) is 45.5 Å². The average molecular weight is 576 g/mol. The maximum atomic E-state index is 12.0. The fraction of sp³-hybridized carbons (Fsp3) is 0.371. The first kappa shape index (κ1) is 27.4. The molecular formula is C35H37N5O3. The number of rotatable bonds is 5. The second-order valence-electron chi connectivity index (χ2n) is 12.2. The number of nitrogens with zero attached hydrogens (tertiary/aromatic N) is 5. The van der Waals surface area contributed by atoms with Gasteiger partial charge < -0.3 is 19.1 Å². The summed E-state index contributed by atoms with van der Waals surface area (Å²) in [5.74, 6) is 1.34. The molecule has 2 aromatic heterocycles. The van der Waals surface area contributed by atoms with Gasteiger partial charge in [-0.2, -0.15) is 0 Å². The predicted molar refractivity (Wildman–Crippen MR) is 167 cm³/mol. The van der Waals surface area contributed by atoms with Gasteiger partial charge in [-0.25, -0.2) is 4.98 Å². The topological polar surface area (TPSA) is 80.6 Å². The van der Waals surface area contributed by atoms with Crippen molar-refractivity contribution in [2.24, 2.45) is 0 Å². The number of aromatic nitrogens is 3. The van der Waals surface area contributed by atoms with Gasteiger partial charge in [0.1, 0.15) is 5.75 Å². The number of amides is 2. The van der Waals surface area contributed by atoms with Crippen molar-refractivity contribution in [3.63, 3.8) is 0 Å². The predicted octanol–water partition coefficient (Wildman–Crippen LogP) is 5.70. The summed E-state index contributed by atoms with van der Waals surface area (Å²) in [6.45, 7) is 7.88. The van der Waals surface area contributed by atoms with E-state index in [-0.39, 0.29) is 24.0 Å². The Labute approximate surface area is 252 Å². The van der Waals surface area contributed by atoms with Gasteiger partial charge in [0.15, 0.2) is 0 Å². The smallest absolute Gasteiger partial charge is 0.227 e. The minimum atomic E-state index is 0.132. The Hall–Kier alpha value is -4.46. The molecule has 4 aromatic rings. The second kappa shape index (κ2) is 11.0. The molecule has 4 aliphatic rings. The van der Waals surface area contributed by atoms with Crippen molar-refractivity contribution in [3.05, 3.63) is 89.3 Å². The summed E-state index contributed by atoms with van der Waals surface area (Å²) >= 11 is 0. The molecule has 4 aliphatic heterocycles. The SMILES string of the molecule is CC(C)Oc1cncc(-c2cc3c4c(c2)CCN4C(=O)CC3)c1.CC(c1cc2c3c(c1)CCN3C(=O)CC2)n1ccnc1. The highest BCUT2D eigenvalue weighted by atomic mass is 16.5. The van der Waals surface area contributed by atoms with Crippen LogP contribution in [0.1, 0.15) is 67.5 Å². The van der Waals surface area contributed by atoms with Crippen LogP contribution in [0.4, 0.5) is 11.4 Å². The lowest BCUT2D eigenvalue weighted by Gasteiger charge is -2.26. The molecule has 0 aliphatic carbocycles. The van der Waals surface area contributed by atoms with Gasteiger partial charge in [0.2, 0.25) is 11.8 Å². The number of carbonyl (C=O) groups excluding carboxylic acids is 2. The molecule has 2 amide bonds. The minimum Gasteiger partial charge on any atom is -0.489 e. The van der Waals surface area contributed by atoms with Crippen LogP contribution in [0.3, 0.4) is 0 Å². The van der Waals surface area contributed by atoms with Gasteiger partial charge >= 0.3 is 0 Å². The van der Waals surface area contributed by atoms with E-state index in [9.17, 15) is 9.59 Å². The lowest BCUT2D eigenvalue weighted by atomic mass is 9.94. The molecule has 1 unspecified atom stereocenters. The van der Waals surface area contributed by atoms with E-state index in [2.05, 4.69) is 45.7 Å². The zero-order valence-corrected chi connectivity index (χ0v) is 25.0. The van der Waals surface area contributed by atoms with Crippen molar-refractivity contribution >= 4 is 23.2 Å². The molecule has 1 atom stereocenters. The fourth-order valence-electron chi connectivity index (χ4n) is 6.93. The van der Waals surface area contributed by atoms with Crippen LogP contribution < -0.4 is 14.5 Å². The molecule has 6 heterocycles. The van der Waals surface area contributed by atoms with Crippen LogP contribution >= 0.6 is 0 Å². The van der Waals surface area contributed by atoms with Gasteiger partial charge in [0.25, 0.3) is 0 Å². The first-order valence-corrected chi connectivity index (χ1v) is 15.4. The van der Waals surface area contributed by atoms with E-state index < -0.39 is 0 Å². The normalized spacial score (nSPS) is 17.0. The number of hydrogen-bond donors (Lipinski definition) is 0. The quantitative estimate of drug-likeness (QED) is 0.305. The Morgan fingerprint density at radius 1 is 0.698 bits per heavy atom. The minimum absolute atomic E-state index is 0.132.